The van der Waals surface area contributed by atoms with Gasteiger partial charge in [-0.3, -0.25) is 9.59 Å². The maximum absolute atomic E-state index is 13.4. The number of nitrogens with one attached hydrogen (secondary N) is 1. The molecule has 0 bridgehead atoms. The van der Waals surface area contributed by atoms with E-state index in [1.165, 1.54) is 32.9 Å². The summed E-state index contributed by atoms with van der Waals surface area (Å²) in [6, 6.07) is 22.2. The SMILES string of the molecule is CC(O)(CNC(=O)c1ccccc1O)Cc1c(C(=O)C(C)(C)O)oc2nc(-c3ccccc3Cl)c(-c3ccc(Cl)cc3)cc12. The number of rotatable bonds is 9. The predicted octanol–water partition coefficient (Wildman–Crippen LogP) is 6.85. The molecule has 2 heterocycles. The number of amides is 1. The summed E-state index contributed by atoms with van der Waals surface area (Å²) in [4.78, 5) is 31.0. The monoisotopic (exact) mass is 632 g/mol. The number of Topliss-reactive ketones (excluding diaryl/α,β-unsaturated/α-hetero) is 1. The molecule has 0 radical (unpaired) electrons. The van der Waals surface area contributed by atoms with Crippen LogP contribution in [0.3, 0.4) is 0 Å². The second-order valence-electron chi connectivity index (χ2n) is 11.4. The third-order valence-corrected chi connectivity index (χ3v) is 7.75. The van der Waals surface area contributed by atoms with Crippen molar-refractivity contribution in [1.82, 2.24) is 10.3 Å². The molecule has 0 aliphatic heterocycles. The highest BCUT2D eigenvalue weighted by molar-refractivity contribution is 6.33. The Hall–Kier alpha value is -4.21. The molecule has 5 aromatic rings. The van der Waals surface area contributed by atoms with Gasteiger partial charge in [0.1, 0.15) is 11.4 Å². The van der Waals surface area contributed by atoms with Crippen molar-refractivity contribution >= 4 is 46.0 Å². The molecule has 1 atom stereocenters. The summed E-state index contributed by atoms with van der Waals surface area (Å²) >= 11 is 12.8. The molecule has 2 aromatic heterocycles. The first-order valence-electron chi connectivity index (χ1n) is 13.8. The number of aliphatic hydroxyl groups is 2. The Labute approximate surface area is 263 Å². The van der Waals surface area contributed by atoms with E-state index in [1.807, 2.05) is 24.3 Å². The summed E-state index contributed by atoms with van der Waals surface area (Å²) in [6.45, 7) is 3.97. The number of carbonyl (C=O) groups excluding carboxylic acids is 2. The molecule has 1 amide bonds. The standard InChI is InChI=1S/C34H30Cl2N2O6/c1-33(2,42)30(40)29-25(17-34(3,43)18-37-31(41)22-9-5-7-11-27(22)39)24-16-23(19-12-14-20(35)15-13-19)28(38-32(24)44-29)21-8-4-6-10-26(21)36/h4-16,39,42-43H,17-18H2,1-3H3,(H,37,41). The van der Waals surface area contributed by atoms with E-state index in [2.05, 4.69) is 5.32 Å². The van der Waals surface area contributed by atoms with E-state index in [4.69, 9.17) is 32.6 Å². The van der Waals surface area contributed by atoms with E-state index in [0.717, 1.165) is 5.56 Å². The van der Waals surface area contributed by atoms with Gasteiger partial charge in [-0.2, -0.15) is 0 Å². The van der Waals surface area contributed by atoms with E-state index in [9.17, 15) is 24.9 Å². The summed E-state index contributed by atoms with van der Waals surface area (Å²) in [5.74, 6) is -1.64. The van der Waals surface area contributed by atoms with Crippen LogP contribution in [0.4, 0.5) is 0 Å². The maximum Gasteiger partial charge on any atom is 0.255 e. The van der Waals surface area contributed by atoms with Gasteiger partial charge in [0.15, 0.2) is 5.76 Å². The lowest BCUT2D eigenvalue weighted by molar-refractivity contribution is 0.0443. The van der Waals surface area contributed by atoms with Crippen LogP contribution in [0, 0.1) is 0 Å². The topological polar surface area (TPSA) is 133 Å². The van der Waals surface area contributed by atoms with Gasteiger partial charge in [-0.15, -0.1) is 0 Å². The molecular formula is C34H30Cl2N2O6. The molecule has 0 fully saturated rings. The van der Waals surface area contributed by atoms with Gasteiger partial charge in [0, 0.05) is 45.1 Å². The Morgan fingerprint density at radius 3 is 2.23 bits per heavy atom. The largest absolute Gasteiger partial charge is 0.507 e. The molecule has 4 N–H and O–H groups in total. The van der Waals surface area contributed by atoms with Crippen molar-refractivity contribution in [1.29, 1.82) is 0 Å². The Morgan fingerprint density at radius 1 is 0.909 bits per heavy atom. The molecular weight excluding hydrogens is 603 g/mol. The van der Waals surface area contributed by atoms with E-state index >= 15 is 0 Å². The smallest absolute Gasteiger partial charge is 0.255 e. The lowest BCUT2D eigenvalue weighted by Gasteiger charge is -2.24. The van der Waals surface area contributed by atoms with Crippen LogP contribution in [-0.4, -0.2) is 49.7 Å². The number of carbonyl (C=O) groups is 2. The summed E-state index contributed by atoms with van der Waals surface area (Å²) in [5.41, 5.74) is -0.355. The van der Waals surface area contributed by atoms with Gasteiger partial charge in [0.2, 0.25) is 11.5 Å². The molecule has 5 rings (SSSR count). The Kier molecular flexibility index (Phi) is 8.55. The lowest BCUT2D eigenvalue weighted by Crippen LogP contribution is -2.42. The molecule has 0 aliphatic rings. The number of phenolic OH excluding ortho intramolecular Hbond substituents is 1. The first-order valence-corrected chi connectivity index (χ1v) is 14.5. The number of fused-ring (bicyclic) bond motifs is 1. The normalized spacial score (nSPS) is 13.1. The Bertz CT molecular complexity index is 1870. The van der Waals surface area contributed by atoms with Crippen LogP contribution >= 0.6 is 23.2 Å². The van der Waals surface area contributed by atoms with Crippen molar-refractivity contribution in [2.24, 2.45) is 0 Å². The highest BCUT2D eigenvalue weighted by atomic mass is 35.5. The first-order chi connectivity index (χ1) is 20.7. The highest BCUT2D eigenvalue weighted by Gasteiger charge is 2.35. The molecule has 3 aromatic carbocycles. The van der Waals surface area contributed by atoms with E-state index in [-0.39, 0.29) is 35.8 Å². The zero-order valence-electron chi connectivity index (χ0n) is 24.2. The number of halogens is 2. The number of aromatic hydroxyl groups is 1. The Morgan fingerprint density at radius 2 is 1.57 bits per heavy atom. The number of nitrogens with zero attached hydrogens (tertiary/aromatic N) is 1. The molecule has 1 unspecified atom stereocenters. The van der Waals surface area contributed by atoms with Gasteiger partial charge in [0.05, 0.1) is 16.9 Å². The van der Waals surface area contributed by atoms with Crippen LogP contribution in [0.25, 0.3) is 33.5 Å². The van der Waals surface area contributed by atoms with Crippen molar-refractivity contribution < 1.29 is 29.3 Å². The minimum atomic E-state index is -1.79. The third-order valence-electron chi connectivity index (χ3n) is 7.17. The van der Waals surface area contributed by atoms with E-state index in [0.29, 0.717) is 37.8 Å². The number of para-hydroxylation sites is 1. The van der Waals surface area contributed by atoms with E-state index in [1.54, 1.807) is 42.5 Å². The lowest BCUT2D eigenvalue weighted by atomic mass is 9.90. The maximum atomic E-state index is 13.4. The fraction of sp³-hybridized carbons (Fsp3) is 0.206. The van der Waals surface area contributed by atoms with Gasteiger partial charge in [-0.1, -0.05) is 65.7 Å². The number of furan rings is 1. The molecule has 0 saturated carbocycles. The number of aromatic nitrogens is 1. The molecule has 44 heavy (non-hydrogen) atoms. The van der Waals surface area contributed by atoms with Crippen LogP contribution < -0.4 is 5.32 Å². The number of hydrogen-bond acceptors (Lipinski definition) is 7. The second kappa shape index (κ2) is 12.1. The van der Waals surface area contributed by atoms with Gasteiger partial charge in [-0.05, 0) is 62.7 Å². The van der Waals surface area contributed by atoms with Crippen LogP contribution in [-0.2, 0) is 6.42 Å². The fourth-order valence-electron chi connectivity index (χ4n) is 4.89. The number of benzene rings is 3. The number of hydrogen-bond donors (Lipinski definition) is 4. The highest BCUT2D eigenvalue weighted by Crippen LogP contribution is 2.40. The van der Waals surface area contributed by atoms with Crippen molar-refractivity contribution in [2.75, 3.05) is 6.54 Å². The van der Waals surface area contributed by atoms with Gasteiger partial charge in [0.25, 0.3) is 5.91 Å². The molecule has 8 nitrogen and oxygen atoms in total. The van der Waals surface area contributed by atoms with Crippen LogP contribution in [0.2, 0.25) is 10.0 Å². The summed E-state index contributed by atoms with van der Waals surface area (Å²) < 4.78 is 6.04. The molecule has 226 valence electrons. The zero-order chi connectivity index (χ0) is 31.8. The van der Waals surface area contributed by atoms with Gasteiger partial charge in [-0.25, -0.2) is 4.98 Å². The van der Waals surface area contributed by atoms with Gasteiger partial charge < -0.3 is 25.1 Å². The summed E-state index contributed by atoms with van der Waals surface area (Å²) in [5, 5.41) is 36.2. The first kappa shape index (κ1) is 31.2. The molecule has 0 spiro atoms. The predicted molar refractivity (Wildman–Crippen MR) is 170 cm³/mol. The number of pyridine rings is 1. The third kappa shape index (κ3) is 6.49. The molecule has 0 aliphatic carbocycles. The van der Waals surface area contributed by atoms with Crippen molar-refractivity contribution in [3.8, 4) is 28.1 Å². The average molecular weight is 634 g/mol. The van der Waals surface area contributed by atoms with Gasteiger partial charge >= 0.3 is 0 Å². The van der Waals surface area contributed by atoms with Crippen LogP contribution in [0.5, 0.6) is 5.75 Å². The van der Waals surface area contributed by atoms with Crippen molar-refractivity contribution in [3.05, 3.63) is 106 Å². The fourth-order valence-corrected chi connectivity index (χ4v) is 5.24. The summed E-state index contributed by atoms with van der Waals surface area (Å²) in [6.07, 6.45) is -0.147. The Balaban J connectivity index is 1.64. The minimum absolute atomic E-state index is 0.0545. The second-order valence-corrected chi connectivity index (χ2v) is 12.2. The van der Waals surface area contributed by atoms with Crippen molar-refractivity contribution in [2.45, 2.75) is 38.4 Å². The summed E-state index contributed by atoms with van der Waals surface area (Å²) in [7, 11) is 0. The van der Waals surface area contributed by atoms with Crippen LogP contribution in [0.15, 0.2) is 83.3 Å². The van der Waals surface area contributed by atoms with Crippen molar-refractivity contribution in [3.63, 3.8) is 0 Å². The quantitative estimate of drug-likeness (QED) is 0.131. The number of phenols is 1. The van der Waals surface area contributed by atoms with E-state index < -0.39 is 22.9 Å². The van der Waals surface area contributed by atoms with Crippen LogP contribution in [0.1, 0.15) is 47.2 Å². The molecule has 10 heteroatoms. The number of ketones is 1. The minimum Gasteiger partial charge on any atom is -0.507 e. The zero-order valence-corrected chi connectivity index (χ0v) is 25.7. The average Bonchev–Trinajstić information content (AvgIpc) is 3.31. The molecule has 0 saturated heterocycles.